The quantitative estimate of drug-likeness (QED) is 0.160. The fraction of sp³-hybridized carbons (Fsp3) is 0.243. The van der Waals surface area contributed by atoms with Crippen molar-refractivity contribution in [1.82, 2.24) is 9.97 Å². The molecule has 0 spiro atoms. The molecule has 2 nitrogen and oxygen atoms in total. The number of pyridine rings is 2. The second-order valence-electron chi connectivity index (χ2n) is 10.4. The average Bonchev–Trinajstić information content (AvgIpc) is 2.97. The molecule has 0 radical (unpaired) electrons. The first-order chi connectivity index (χ1) is 21.1. The van der Waals surface area contributed by atoms with Gasteiger partial charge in [-0.15, -0.1) is 0 Å². The van der Waals surface area contributed by atoms with Crippen molar-refractivity contribution in [2.45, 2.75) is 55.4 Å². The highest BCUT2D eigenvalue weighted by molar-refractivity contribution is 5.19. The van der Waals surface area contributed by atoms with Crippen LogP contribution in [0.5, 0.6) is 0 Å². The first-order valence-electron chi connectivity index (χ1n) is 14.1. The van der Waals surface area contributed by atoms with E-state index < -0.39 is 29.1 Å². The molecule has 45 heavy (non-hydrogen) atoms. The summed E-state index contributed by atoms with van der Waals surface area (Å²) in [6.45, 7) is 15.3. The average molecular weight is 629 g/mol. The van der Waals surface area contributed by atoms with Gasteiger partial charge < -0.3 is 0 Å². The summed E-state index contributed by atoms with van der Waals surface area (Å²) in [4.78, 5) is 7.82. The van der Waals surface area contributed by atoms with E-state index in [4.69, 9.17) is 0 Å². The van der Waals surface area contributed by atoms with Crippen LogP contribution < -0.4 is 0 Å². The van der Waals surface area contributed by atoms with Gasteiger partial charge >= 0.3 is 0 Å². The summed E-state index contributed by atoms with van der Waals surface area (Å²) in [7, 11) is 0. The van der Waals surface area contributed by atoms with Gasteiger partial charge in [-0.2, -0.15) is 0 Å². The second-order valence-corrected chi connectivity index (χ2v) is 10.4. The Balaban J connectivity index is 0.000000525. The number of nitrogens with zero attached hydrogens (tertiary/aromatic N) is 2. The molecular formula is C37H42F6N2. The Hall–Kier alpha value is -4.46. The second kappa shape index (κ2) is 23.0. The van der Waals surface area contributed by atoms with Crippen molar-refractivity contribution in [2.24, 2.45) is 5.92 Å². The molecule has 0 bridgehead atoms. The third-order valence-electron chi connectivity index (χ3n) is 5.05. The van der Waals surface area contributed by atoms with Crippen molar-refractivity contribution in [1.29, 1.82) is 0 Å². The Labute approximate surface area is 263 Å². The Morgan fingerprint density at radius 1 is 0.489 bits per heavy atom. The van der Waals surface area contributed by atoms with Crippen LogP contribution in [-0.2, 0) is 0 Å². The number of halogens is 6. The van der Waals surface area contributed by atoms with Crippen LogP contribution in [0.25, 0.3) is 0 Å². The minimum absolute atomic E-state index is 0.151. The molecule has 3 aromatic carbocycles. The molecule has 5 aromatic rings. The maximum absolute atomic E-state index is 12.4. The third-order valence-corrected chi connectivity index (χ3v) is 5.05. The summed E-state index contributed by atoms with van der Waals surface area (Å²) in [5.41, 5.74) is 3.74. The topological polar surface area (TPSA) is 25.8 Å². The lowest BCUT2D eigenvalue weighted by Gasteiger charge is -1.96. The molecule has 0 atom stereocenters. The van der Waals surface area contributed by atoms with Gasteiger partial charge in [-0.25, -0.2) is 26.3 Å². The molecule has 0 saturated carbocycles. The molecule has 2 aromatic heterocycles. The zero-order valence-electron chi connectivity index (χ0n) is 27.1. The predicted octanol–water partition coefficient (Wildman–Crippen LogP) is 11.3. The molecular weight excluding hydrogens is 586 g/mol. The summed E-state index contributed by atoms with van der Waals surface area (Å²) < 4.78 is 73.4. The van der Waals surface area contributed by atoms with E-state index in [9.17, 15) is 26.3 Å². The molecule has 2 heterocycles. The van der Waals surface area contributed by atoms with Crippen molar-refractivity contribution in [3.63, 3.8) is 0 Å². The van der Waals surface area contributed by atoms with Gasteiger partial charge in [0.15, 0.2) is 0 Å². The Kier molecular flexibility index (Phi) is 20.7. The van der Waals surface area contributed by atoms with Crippen LogP contribution in [0, 0.1) is 75.4 Å². The van der Waals surface area contributed by atoms with E-state index in [0.717, 1.165) is 23.2 Å². The van der Waals surface area contributed by atoms with E-state index >= 15 is 0 Å². The molecule has 0 unspecified atom stereocenters. The number of aromatic nitrogens is 2. The van der Waals surface area contributed by atoms with E-state index in [1.807, 2.05) is 51.1 Å². The van der Waals surface area contributed by atoms with Gasteiger partial charge in [-0.05, 0) is 94.1 Å². The zero-order valence-corrected chi connectivity index (χ0v) is 27.1. The molecule has 0 aliphatic carbocycles. The molecule has 242 valence electrons. The molecule has 0 N–H and O–H groups in total. The van der Waals surface area contributed by atoms with Crippen molar-refractivity contribution in [2.75, 3.05) is 0 Å². The Bertz CT molecular complexity index is 1390. The fourth-order valence-electron chi connectivity index (χ4n) is 2.59. The van der Waals surface area contributed by atoms with Crippen molar-refractivity contribution in [3.8, 4) is 0 Å². The van der Waals surface area contributed by atoms with E-state index in [2.05, 4.69) is 30.7 Å². The number of hydrogen-bond acceptors (Lipinski definition) is 2. The highest BCUT2D eigenvalue weighted by atomic mass is 19.2. The smallest absolute Gasteiger partial charge is 0.131 e. The van der Waals surface area contributed by atoms with Gasteiger partial charge in [-0.3, -0.25) is 9.97 Å². The van der Waals surface area contributed by atoms with Crippen LogP contribution in [0.3, 0.4) is 0 Å². The summed E-state index contributed by atoms with van der Waals surface area (Å²) in [5.74, 6) is -2.95. The number of aryl methyl sites for hydroxylation is 4. The molecule has 5 rings (SSSR count). The lowest BCUT2D eigenvalue weighted by Crippen LogP contribution is -1.89. The molecule has 0 saturated heterocycles. The Morgan fingerprint density at radius 3 is 1.29 bits per heavy atom. The number of rotatable bonds is 0. The SMILES string of the molecule is CC(C)C.Cc1c(F)cc(F)cc1F.Cc1ccc(F)cc1.Cc1ccc(F)cc1F.Cc1ccccn1.Cc1ccncc1. The summed E-state index contributed by atoms with van der Waals surface area (Å²) >= 11 is 0. The first-order valence-corrected chi connectivity index (χ1v) is 14.1. The summed E-state index contributed by atoms with van der Waals surface area (Å²) in [5, 5.41) is 0. The van der Waals surface area contributed by atoms with E-state index in [-0.39, 0.29) is 11.4 Å². The lowest BCUT2D eigenvalue weighted by atomic mass is 10.2. The fourth-order valence-corrected chi connectivity index (χ4v) is 2.59. The lowest BCUT2D eigenvalue weighted by molar-refractivity contribution is 0.532. The minimum Gasteiger partial charge on any atom is -0.265 e. The molecule has 8 heteroatoms. The maximum atomic E-state index is 12.4. The van der Waals surface area contributed by atoms with Crippen LogP contribution in [0.15, 0.2) is 104 Å². The van der Waals surface area contributed by atoms with Crippen molar-refractivity contribution >= 4 is 0 Å². The van der Waals surface area contributed by atoms with Gasteiger partial charge in [0.25, 0.3) is 0 Å². The number of benzene rings is 3. The molecule has 0 aliphatic heterocycles. The van der Waals surface area contributed by atoms with Crippen LogP contribution >= 0.6 is 0 Å². The summed E-state index contributed by atoms with van der Waals surface area (Å²) in [6.07, 6.45) is 5.36. The molecule has 0 fully saturated rings. The van der Waals surface area contributed by atoms with Gasteiger partial charge in [-0.1, -0.05) is 50.6 Å². The third kappa shape index (κ3) is 21.8. The maximum Gasteiger partial charge on any atom is 0.131 e. The largest absolute Gasteiger partial charge is 0.265 e. The van der Waals surface area contributed by atoms with Crippen molar-refractivity contribution in [3.05, 3.63) is 166 Å². The van der Waals surface area contributed by atoms with Crippen LogP contribution in [0.4, 0.5) is 26.3 Å². The molecule has 0 aliphatic rings. The first kappa shape index (κ1) is 40.5. The van der Waals surface area contributed by atoms with Gasteiger partial charge in [0, 0.05) is 48.0 Å². The minimum atomic E-state index is -0.888. The predicted molar refractivity (Wildman–Crippen MR) is 172 cm³/mol. The highest BCUT2D eigenvalue weighted by Gasteiger charge is 2.05. The van der Waals surface area contributed by atoms with E-state index in [1.54, 1.807) is 37.6 Å². The van der Waals surface area contributed by atoms with Crippen LogP contribution in [0.2, 0.25) is 0 Å². The van der Waals surface area contributed by atoms with Gasteiger partial charge in [0.05, 0.1) is 0 Å². The van der Waals surface area contributed by atoms with E-state index in [0.29, 0.717) is 17.7 Å². The summed E-state index contributed by atoms with van der Waals surface area (Å²) in [6, 6.07) is 21.0. The normalized spacial score (nSPS) is 9.31. The standard InChI is InChI=1S/C7H5F3.C7H6F2.C7H7F.2C6H7N.C4H10/c1-4-6(9)2-5(8)3-7(4)10;1-5-2-3-6(8)4-7(5)9;1-6-2-4-7(8)5-3-6;1-6-2-4-7-5-3-6;1-6-4-2-3-5-7-6;1-4(2)3/h2-3H,1H3;2-4H,1H3;2-5H,1H3;2*2-5H,1H3;4H,1-3H3. The van der Waals surface area contributed by atoms with Gasteiger partial charge in [0.1, 0.15) is 34.9 Å². The van der Waals surface area contributed by atoms with Gasteiger partial charge in [0.2, 0.25) is 0 Å². The monoisotopic (exact) mass is 628 g/mol. The highest BCUT2D eigenvalue weighted by Crippen LogP contribution is 2.12. The molecule has 0 amide bonds. The number of hydrogen-bond donors (Lipinski definition) is 0. The van der Waals surface area contributed by atoms with Crippen LogP contribution in [-0.4, -0.2) is 9.97 Å². The van der Waals surface area contributed by atoms with E-state index in [1.165, 1.54) is 36.8 Å². The zero-order chi connectivity index (χ0) is 34.4. The Morgan fingerprint density at radius 2 is 0.956 bits per heavy atom. The van der Waals surface area contributed by atoms with Crippen molar-refractivity contribution < 1.29 is 26.3 Å². The van der Waals surface area contributed by atoms with Crippen LogP contribution in [0.1, 0.15) is 48.7 Å².